The van der Waals surface area contributed by atoms with E-state index in [1.807, 2.05) is 12.1 Å². The topological polar surface area (TPSA) is 66.9 Å². The molecular formula is C23H20F2N4O. The first-order valence-electron chi connectivity index (χ1n) is 10.1. The van der Waals surface area contributed by atoms with E-state index < -0.39 is 11.6 Å². The molecule has 1 saturated carbocycles. The van der Waals surface area contributed by atoms with Crippen LogP contribution in [0, 0.1) is 11.6 Å². The van der Waals surface area contributed by atoms with Crippen LogP contribution in [0.2, 0.25) is 0 Å². The van der Waals surface area contributed by atoms with Crippen LogP contribution in [0.15, 0.2) is 42.6 Å². The number of benzene rings is 1. The predicted molar refractivity (Wildman–Crippen MR) is 109 cm³/mol. The highest BCUT2D eigenvalue weighted by Gasteiger charge is 2.27. The molecule has 5 rings (SSSR count). The van der Waals surface area contributed by atoms with Gasteiger partial charge >= 0.3 is 0 Å². The molecule has 0 radical (unpaired) electrons. The summed E-state index contributed by atoms with van der Waals surface area (Å²) >= 11 is 0. The zero-order chi connectivity index (χ0) is 20.7. The van der Waals surface area contributed by atoms with Crippen molar-refractivity contribution in [1.82, 2.24) is 15.3 Å². The maximum absolute atomic E-state index is 14.3. The van der Waals surface area contributed by atoms with Crippen molar-refractivity contribution in [3.8, 4) is 11.3 Å². The van der Waals surface area contributed by atoms with Gasteiger partial charge < -0.3 is 10.6 Å². The molecule has 0 saturated heterocycles. The van der Waals surface area contributed by atoms with Gasteiger partial charge in [0.1, 0.15) is 11.6 Å². The third kappa shape index (κ3) is 3.40. The minimum atomic E-state index is -0.685. The fourth-order valence-corrected chi connectivity index (χ4v) is 3.92. The number of nitrogens with one attached hydrogen (secondary N) is 2. The Labute approximate surface area is 172 Å². The van der Waals surface area contributed by atoms with Gasteiger partial charge in [0.05, 0.1) is 40.9 Å². The predicted octanol–water partition coefficient (Wildman–Crippen LogP) is 4.22. The summed E-state index contributed by atoms with van der Waals surface area (Å²) < 4.78 is 28.6. The molecule has 30 heavy (non-hydrogen) atoms. The second kappa shape index (κ2) is 7.48. The van der Waals surface area contributed by atoms with Crippen LogP contribution in [0.25, 0.3) is 11.3 Å². The minimum Gasteiger partial charge on any atom is -0.381 e. The van der Waals surface area contributed by atoms with Crippen LogP contribution < -0.4 is 10.6 Å². The lowest BCUT2D eigenvalue weighted by molar-refractivity contribution is 0.0965. The third-order valence-electron chi connectivity index (χ3n) is 5.71. The second-order valence-electron chi connectivity index (χ2n) is 7.75. The molecule has 3 aromatic rings. The van der Waals surface area contributed by atoms with E-state index in [1.54, 1.807) is 12.3 Å². The summed E-state index contributed by atoms with van der Waals surface area (Å²) in [6.07, 6.45) is 5.76. The van der Waals surface area contributed by atoms with Gasteiger partial charge in [-0.2, -0.15) is 0 Å². The van der Waals surface area contributed by atoms with Gasteiger partial charge in [0.15, 0.2) is 0 Å². The zero-order valence-corrected chi connectivity index (χ0v) is 16.2. The number of carbonyl (C=O) groups excluding carboxylic acids is 1. The summed E-state index contributed by atoms with van der Waals surface area (Å²) in [5.74, 6) is -1.60. The van der Waals surface area contributed by atoms with Crippen molar-refractivity contribution in [2.24, 2.45) is 0 Å². The molecule has 2 aromatic heterocycles. The lowest BCUT2D eigenvalue weighted by Gasteiger charge is -2.27. The van der Waals surface area contributed by atoms with Crippen LogP contribution in [0.4, 0.5) is 14.5 Å². The Morgan fingerprint density at radius 3 is 2.57 bits per heavy atom. The summed E-state index contributed by atoms with van der Waals surface area (Å²) in [7, 11) is 0. The maximum atomic E-state index is 14.3. The minimum absolute atomic E-state index is 0.180. The molecule has 1 aromatic carbocycles. The van der Waals surface area contributed by atoms with E-state index in [9.17, 15) is 13.6 Å². The van der Waals surface area contributed by atoms with E-state index in [1.165, 1.54) is 37.5 Å². The standard InChI is InChI=1S/C23H20F2N4O/c24-17-5-2-6-18(25)22(17)19-10-13(21-20(29-19)12-27-23(21)30)9-15-7-8-16(11-26-15)28-14-3-1-4-14/h2,5-8,10-11,14,28H,1,3-4,9,12H2,(H,27,30). The van der Waals surface area contributed by atoms with Crippen molar-refractivity contribution in [3.63, 3.8) is 0 Å². The molecular weight excluding hydrogens is 386 g/mol. The number of fused-ring (bicyclic) bond motifs is 1. The molecule has 1 amide bonds. The van der Waals surface area contributed by atoms with E-state index in [2.05, 4.69) is 20.6 Å². The largest absolute Gasteiger partial charge is 0.381 e. The Bertz CT molecular complexity index is 1110. The van der Waals surface area contributed by atoms with Crippen LogP contribution in [-0.2, 0) is 13.0 Å². The lowest BCUT2D eigenvalue weighted by Crippen LogP contribution is -2.26. The number of pyridine rings is 2. The molecule has 0 unspecified atom stereocenters. The van der Waals surface area contributed by atoms with Crippen molar-refractivity contribution >= 4 is 11.6 Å². The van der Waals surface area contributed by atoms with Crippen molar-refractivity contribution in [2.45, 2.75) is 38.3 Å². The van der Waals surface area contributed by atoms with Crippen LogP contribution in [0.1, 0.15) is 46.6 Å². The lowest BCUT2D eigenvalue weighted by atomic mass is 9.93. The molecule has 3 heterocycles. The fraction of sp³-hybridized carbons (Fsp3) is 0.261. The normalized spacial score (nSPS) is 15.5. The van der Waals surface area contributed by atoms with Gasteiger partial charge in [-0.15, -0.1) is 0 Å². The van der Waals surface area contributed by atoms with Gasteiger partial charge in [0, 0.05) is 18.2 Å². The zero-order valence-electron chi connectivity index (χ0n) is 16.2. The summed E-state index contributed by atoms with van der Waals surface area (Å²) in [4.78, 5) is 21.2. The number of nitrogens with zero attached hydrogens (tertiary/aromatic N) is 2. The highest BCUT2D eigenvalue weighted by Crippen LogP contribution is 2.30. The van der Waals surface area contributed by atoms with Crippen molar-refractivity contribution in [3.05, 3.63) is 76.7 Å². The van der Waals surface area contributed by atoms with Gasteiger partial charge in [0.25, 0.3) is 5.91 Å². The molecule has 0 spiro atoms. The highest BCUT2D eigenvalue weighted by molar-refractivity contribution is 5.99. The SMILES string of the molecule is O=C1NCc2nc(-c3c(F)cccc3F)cc(Cc3ccc(NC4CCC4)cn3)c21. The molecule has 1 aliphatic heterocycles. The third-order valence-corrected chi connectivity index (χ3v) is 5.71. The number of rotatable bonds is 5. The Morgan fingerprint density at radius 2 is 1.90 bits per heavy atom. The van der Waals surface area contributed by atoms with Gasteiger partial charge in [-0.05, 0) is 55.2 Å². The number of halogens is 2. The molecule has 1 fully saturated rings. The van der Waals surface area contributed by atoms with Gasteiger partial charge in [-0.25, -0.2) is 13.8 Å². The van der Waals surface area contributed by atoms with E-state index in [-0.39, 0.29) is 23.7 Å². The smallest absolute Gasteiger partial charge is 0.253 e. The second-order valence-corrected chi connectivity index (χ2v) is 7.75. The monoisotopic (exact) mass is 406 g/mol. The first-order chi connectivity index (χ1) is 14.6. The molecule has 152 valence electrons. The fourth-order valence-electron chi connectivity index (χ4n) is 3.92. The number of hydrogen-bond acceptors (Lipinski definition) is 4. The number of aromatic nitrogens is 2. The maximum Gasteiger partial charge on any atom is 0.253 e. The van der Waals surface area contributed by atoms with E-state index in [0.29, 0.717) is 29.3 Å². The van der Waals surface area contributed by atoms with E-state index >= 15 is 0 Å². The summed E-state index contributed by atoms with van der Waals surface area (Å²) in [6.45, 7) is 0.239. The number of amides is 1. The quantitative estimate of drug-likeness (QED) is 0.666. The van der Waals surface area contributed by atoms with Crippen molar-refractivity contribution in [1.29, 1.82) is 0 Å². The van der Waals surface area contributed by atoms with Crippen LogP contribution in [0.5, 0.6) is 0 Å². The molecule has 7 heteroatoms. The van der Waals surface area contributed by atoms with Crippen molar-refractivity contribution in [2.75, 3.05) is 5.32 Å². The average Bonchev–Trinajstić information content (AvgIpc) is 3.07. The van der Waals surface area contributed by atoms with Crippen LogP contribution >= 0.6 is 0 Å². The Balaban J connectivity index is 1.49. The summed E-state index contributed by atoms with van der Waals surface area (Å²) in [5.41, 5.74) is 3.35. The van der Waals surface area contributed by atoms with Crippen LogP contribution in [0.3, 0.4) is 0 Å². The highest BCUT2D eigenvalue weighted by atomic mass is 19.1. The molecule has 5 nitrogen and oxygen atoms in total. The van der Waals surface area contributed by atoms with Gasteiger partial charge in [-0.3, -0.25) is 9.78 Å². The van der Waals surface area contributed by atoms with Gasteiger partial charge in [0.2, 0.25) is 0 Å². The molecule has 1 aliphatic carbocycles. The van der Waals surface area contributed by atoms with Gasteiger partial charge in [-0.1, -0.05) is 6.07 Å². The number of carbonyl (C=O) groups is 1. The number of anilines is 1. The Morgan fingerprint density at radius 1 is 1.10 bits per heavy atom. The van der Waals surface area contributed by atoms with E-state index in [4.69, 9.17) is 0 Å². The molecule has 2 aliphatic rings. The molecule has 2 N–H and O–H groups in total. The molecule has 0 atom stereocenters. The Kier molecular flexibility index (Phi) is 4.65. The first-order valence-corrected chi connectivity index (χ1v) is 10.1. The summed E-state index contributed by atoms with van der Waals surface area (Å²) in [5, 5.41) is 6.18. The number of hydrogen-bond donors (Lipinski definition) is 2. The molecule has 0 bridgehead atoms. The van der Waals surface area contributed by atoms with E-state index in [0.717, 1.165) is 11.4 Å². The Hall–Kier alpha value is -3.35. The summed E-state index contributed by atoms with van der Waals surface area (Å²) in [6, 6.07) is 9.70. The average molecular weight is 406 g/mol. The van der Waals surface area contributed by atoms with Crippen molar-refractivity contribution < 1.29 is 13.6 Å². The first kappa shape index (κ1) is 18.7. The van der Waals surface area contributed by atoms with Crippen LogP contribution in [-0.4, -0.2) is 21.9 Å².